The molecular formula is C18H13F5N6O3S. The molecule has 2 aromatic heterocycles. The monoisotopic (exact) mass is 488 g/mol. The van der Waals surface area contributed by atoms with Crippen LogP contribution in [-0.4, -0.2) is 26.2 Å². The zero-order valence-corrected chi connectivity index (χ0v) is 17.3. The van der Waals surface area contributed by atoms with Crippen LogP contribution in [0.4, 0.5) is 32.9 Å². The first kappa shape index (κ1) is 23.8. The summed E-state index contributed by atoms with van der Waals surface area (Å²) in [5.74, 6) is -5.05. The number of carbonyl (C=O) groups is 1. The second-order valence-electron chi connectivity index (χ2n) is 6.61. The Morgan fingerprint density at radius 3 is 2.58 bits per heavy atom. The fourth-order valence-electron chi connectivity index (χ4n) is 2.76. The Labute approximate surface area is 184 Å². The van der Waals surface area contributed by atoms with E-state index >= 15 is 0 Å². The third-order valence-electron chi connectivity index (χ3n) is 4.39. The molecule has 0 atom stereocenters. The number of H-pyrrole nitrogens is 1. The molecule has 0 spiro atoms. The number of hydrogen-bond donors (Lipinski definition) is 4. The van der Waals surface area contributed by atoms with E-state index in [9.17, 15) is 36.3 Å². The van der Waals surface area contributed by atoms with Gasteiger partial charge in [-0.05, 0) is 12.1 Å². The largest absolute Gasteiger partial charge is 0.419 e. The summed E-state index contributed by atoms with van der Waals surface area (Å²) < 4.78 is 66.7. The number of amides is 1. The molecule has 0 saturated carbocycles. The number of nitrogen functional groups attached to an aromatic ring is 1. The van der Waals surface area contributed by atoms with Crippen LogP contribution >= 0.6 is 11.3 Å². The molecule has 0 aliphatic rings. The van der Waals surface area contributed by atoms with Crippen molar-refractivity contribution in [1.29, 1.82) is 5.41 Å². The predicted octanol–water partition coefficient (Wildman–Crippen LogP) is 2.47. The lowest BCUT2D eigenvalue weighted by Crippen LogP contribution is -2.38. The van der Waals surface area contributed by atoms with Crippen LogP contribution in [0, 0.1) is 17.0 Å². The summed E-state index contributed by atoms with van der Waals surface area (Å²) in [6.45, 7) is 0. The van der Waals surface area contributed by atoms with Gasteiger partial charge in [-0.3, -0.25) is 19.1 Å². The molecule has 2 heterocycles. The number of carbonyl (C=O) groups excluding carboxylic acids is 1. The van der Waals surface area contributed by atoms with Crippen LogP contribution in [0.25, 0.3) is 11.3 Å². The van der Waals surface area contributed by atoms with Crippen molar-refractivity contribution in [3.63, 3.8) is 0 Å². The minimum Gasteiger partial charge on any atom is -0.384 e. The summed E-state index contributed by atoms with van der Waals surface area (Å²) in [5, 5.41) is 11.3. The van der Waals surface area contributed by atoms with E-state index in [1.165, 1.54) is 5.38 Å². The summed E-state index contributed by atoms with van der Waals surface area (Å²) >= 11 is 0.768. The third-order valence-corrected chi connectivity index (χ3v) is 5.15. The number of nitrogens with one attached hydrogen (secondary N) is 3. The molecular weight excluding hydrogens is 475 g/mol. The summed E-state index contributed by atoms with van der Waals surface area (Å²) in [5.41, 5.74) is 0.450. The molecule has 15 heteroatoms. The zero-order valence-electron chi connectivity index (χ0n) is 16.4. The molecule has 1 aromatic carbocycles. The molecule has 1 amide bonds. The van der Waals surface area contributed by atoms with Gasteiger partial charge in [0.1, 0.15) is 11.4 Å². The van der Waals surface area contributed by atoms with E-state index in [4.69, 9.17) is 11.1 Å². The zero-order chi connectivity index (χ0) is 24.7. The molecule has 0 fully saturated rings. The van der Waals surface area contributed by atoms with Gasteiger partial charge in [0, 0.05) is 18.0 Å². The highest BCUT2D eigenvalue weighted by Crippen LogP contribution is 2.36. The fourth-order valence-corrected chi connectivity index (χ4v) is 3.49. The topological polar surface area (TPSA) is 147 Å². The Bertz CT molecular complexity index is 1390. The Balaban J connectivity index is 1.78. The Morgan fingerprint density at radius 1 is 1.27 bits per heavy atom. The lowest BCUT2D eigenvalue weighted by atomic mass is 10.1. The molecule has 0 radical (unpaired) electrons. The Morgan fingerprint density at radius 2 is 1.94 bits per heavy atom. The van der Waals surface area contributed by atoms with E-state index in [1.54, 1.807) is 0 Å². The highest BCUT2D eigenvalue weighted by Gasteiger charge is 2.36. The van der Waals surface area contributed by atoms with Crippen molar-refractivity contribution in [2.45, 2.75) is 12.6 Å². The Hall–Kier alpha value is -3.88. The molecule has 0 unspecified atom stereocenters. The van der Waals surface area contributed by atoms with E-state index in [2.05, 4.69) is 15.3 Å². The normalized spacial score (nSPS) is 11.5. The number of rotatable bonds is 5. The average molecular weight is 488 g/mol. The maximum atomic E-state index is 14.2. The SMILES string of the molecule is Cn1c(=O)[nH]c(N)c(C(=N)CC(=O)Nc2nc(-c3ccc(C(F)(F)F)c(F)c3F)cs2)c1=O. The minimum atomic E-state index is -5.08. The first-order chi connectivity index (χ1) is 15.3. The van der Waals surface area contributed by atoms with E-state index in [1.807, 2.05) is 0 Å². The molecule has 5 N–H and O–H groups in total. The number of alkyl halides is 3. The molecule has 174 valence electrons. The molecule has 0 aliphatic heterocycles. The standard InChI is InChI=1S/C18H13F5N6O3S/c1-29-15(31)11(14(25)28-17(29)32)8(24)4-10(30)27-16-26-9(5-33-16)6-2-3-7(18(21,22)23)13(20)12(6)19/h2-3,5,24H,4,25H2,1H3,(H,28,32)(H,26,27,30). The van der Waals surface area contributed by atoms with E-state index in [-0.39, 0.29) is 16.4 Å². The number of aromatic amines is 1. The van der Waals surface area contributed by atoms with Crippen molar-refractivity contribution in [1.82, 2.24) is 14.5 Å². The lowest BCUT2D eigenvalue weighted by molar-refractivity contribution is -0.140. The second kappa shape index (κ2) is 8.57. The fraction of sp³-hybridized carbons (Fsp3) is 0.167. The van der Waals surface area contributed by atoms with Crippen LogP contribution in [0.5, 0.6) is 0 Å². The van der Waals surface area contributed by atoms with Crippen LogP contribution in [-0.2, 0) is 18.0 Å². The average Bonchev–Trinajstić information content (AvgIpc) is 3.15. The van der Waals surface area contributed by atoms with Gasteiger partial charge < -0.3 is 16.5 Å². The van der Waals surface area contributed by atoms with Crippen LogP contribution in [0.15, 0.2) is 27.1 Å². The number of nitrogens with two attached hydrogens (primary N) is 1. The van der Waals surface area contributed by atoms with E-state index in [0.717, 1.165) is 18.4 Å². The number of benzene rings is 1. The maximum Gasteiger partial charge on any atom is 0.419 e. The number of thiazole rings is 1. The quantitative estimate of drug-likeness (QED) is 0.322. The van der Waals surface area contributed by atoms with Gasteiger partial charge >= 0.3 is 11.9 Å². The van der Waals surface area contributed by atoms with Gasteiger partial charge in [-0.1, -0.05) is 0 Å². The number of nitrogens with zero attached hydrogens (tertiary/aromatic N) is 2. The number of anilines is 2. The van der Waals surface area contributed by atoms with Crippen LogP contribution < -0.4 is 22.3 Å². The predicted molar refractivity (Wildman–Crippen MR) is 109 cm³/mol. The van der Waals surface area contributed by atoms with E-state index < -0.39 is 64.0 Å². The minimum absolute atomic E-state index is 0.121. The number of aromatic nitrogens is 3. The van der Waals surface area contributed by atoms with Crippen LogP contribution in [0.2, 0.25) is 0 Å². The van der Waals surface area contributed by atoms with Crippen molar-refractivity contribution in [3.05, 3.63) is 61.1 Å². The van der Waals surface area contributed by atoms with Crippen molar-refractivity contribution in [2.24, 2.45) is 7.05 Å². The van der Waals surface area contributed by atoms with Crippen LogP contribution in [0.1, 0.15) is 17.5 Å². The number of halogens is 5. The highest BCUT2D eigenvalue weighted by molar-refractivity contribution is 7.14. The molecule has 0 bridgehead atoms. The molecule has 33 heavy (non-hydrogen) atoms. The first-order valence-corrected chi connectivity index (χ1v) is 9.66. The molecule has 0 aliphatic carbocycles. The summed E-state index contributed by atoms with van der Waals surface area (Å²) in [4.78, 5) is 41.9. The van der Waals surface area contributed by atoms with Gasteiger partial charge in [0.25, 0.3) is 5.56 Å². The smallest absolute Gasteiger partial charge is 0.384 e. The summed E-state index contributed by atoms with van der Waals surface area (Å²) in [6, 6.07) is 1.09. The molecule has 9 nitrogen and oxygen atoms in total. The summed E-state index contributed by atoms with van der Waals surface area (Å²) in [6.07, 6.45) is -5.73. The molecule has 3 rings (SSSR count). The highest BCUT2D eigenvalue weighted by atomic mass is 32.1. The van der Waals surface area contributed by atoms with Gasteiger partial charge in [-0.2, -0.15) is 13.2 Å². The third kappa shape index (κ3) is 4.67. The molecule has 0 saturated heterocycles. The van der Waals surface area contributed by atoms with Crippen LogP contribution in [0.3, 0.4) is 0 Å². The van der Waals surface area contributed by atoms with Gasteiger partial charge in [-0.15, -0.1) is 11.3 Å². The lowest BCUT2D eigenvalue weighted by Gasteiger charge is -2.10. The van der Waals surface area contributed by atoms with Gasteiger partial charge in [0.05, 0.1) is 23.4 Å². The van der Waals surface area contributed by atoms with Gasteiger partial charge in [0.2, 0.25) is 5.91 Å². The van der Waals surface area contributed by atoms with Crippen molar-refractivity contribution in [2.75, 3.05) is 11.1 Å². The van der Waals surface area contributed by atoms with Gasteiger partial charge in [0.15, 0.2) is 16.8 Å². The first-order valence-electron chi connectivity index (χ1n) is 8.78. The maximum absolute atomic E-state index is 14.2. The van der Waals surface area contributed by atoms with Gasteiger partial charge in [-0.25, -0.2) is 18.6 Å². The molecule has 3 aromatic rings. The van der Waals surface area contributed by atoms with Crippen molar-refractivity contribution < 1.29 is 26.7 Å². The van der Waals surface area contributed by atoms with Crippen molar-refractivity contribution >= 4 is 33.9 Å². The Kier molecular flexibility index (Phi) is 6.18. The van der Waals surface area contributed by atoms with Crippen molar-refractivity contribution in [3.8, 4) is 11.3 Å². The van der Waals surface area contributed by atoms with E-state index in [0.29, 0.717) is 16.7 Å². The number of hydrogen-bond acceptors (Lipinski definition) is 7. The summed E-state index contributed by atoms with van der Waals surface area (Å²) in [7, 11) is 1.15. The second-order valence-corrected chi connectivity index (χ2v) is 7.47.